The molecule has 1 amide bonds. The maximum atomic E-state index is 12.0. The number of rotatable bonds is 7. The number of carbonyl (C=O) groups is 1. The van der Waals surface area contributed by atoms with Crippen LogP contribution in [0.4, 0.5) is 0 Å². The number of carbonyl (C=O) groups excluding carboxylic acids is 1. The number of hydrogen-bond acceptors (Lipinski definition) is 5. The first kappa shape index (κ1) is 18.6. The Bertz CT molecular complexity index is 658. The third-order valence-electron chi connectivity index (χ3n) is 4.33. The van der Waals surface area contributed by atoms with Crippen molar-refractivity contribution in [2.75, 3.05) is 32.3 Å². The molecule has 1 aromatic carbocycles. The van der Waals surface area contributed by atoms with Gasteiger partial charge in [0, 0.05) is 13.0 Å². The molecule has 1 N–H and O–H groups in total. The summed E-state index contributed by atoms with van der Waals surface area (Å²) in [7, 11) is 0.312. The third-order valence-corrected chi connectivity index (χ3v) is 6.05. The Labute approximate surface area is 143 Å². The number of hydrogen-bond donors (Lipinski definition) is 1. The first-order valence-corrected chi connectivity index (χ1v) is 9.93. The second-order valence-electron chi connectivity index (χ2n) is 6.09. The zero-order valence-electron chi connectivity index (χ0n) is 14.2. The summed E-state index contributed by atoms with van der Waals surface area (Å²) in [6.45, 7) is 0.541. The van der Waals surface area contributed by atoms with Gasteiger partial charge in [0.05, 0.1) is 25.7 Å². The summed E-state index contributed by atoms with van der Waals surface area (Å²) < 4.78 is 33.2. The van der Waals surface area contributed by atoms with Gasteiger partial charge in [-0.2, -0.15) is 0 Å². The number of methoxy groups -OCH3 is 2. The molecule has 1 aliphatic heterocycles. The Balaban J connectivity index is 1.75. The van der Waals surface area contributed by atoms with E-state index in [0.29, 0.717) is 43.7 Å². The molecule has 134 valence electrons. The lowest BCUT2D eigenvalue weighted by Crippen LogP contribution is -2.31. The lowest BCUT2D eigenvalue weighted by atomic mass is 9.98. The van der Waals surface area contributed by atoms with Gasteiger partial charge in [-0.15, -0.1) is 0 Å². The number of nitrogens with one attached hydrogen (secondary N) is 1. The fourth-order valence-electron chi connectivity index (χ4n) is 2.86. The Morgan fingerprint density at radius 1 is 1.17 bits per heavy atom. The highest BCUT2D eigenvalue weighted by Gasteiger charge is 2.25. The third kappa shape index (κ3) is 5.40. The summed E-state index contributed by atoms with van der Waals surface area (Å²) in [4.78, 5) is 12.0. The molecular formula is C17H25NO5S. The van der Waals surface area contributed by atoms with E-state index in [1.165, 1.54) is 0 Å². The van der Waals surface area contributed by atoms with Gasteiger partial charge in [-0.1, -0.05) is 6.07 Å². The van der Waals surface area contributed by atoms with E-state index in [-0.39, 0.29) is 23.3 Å². The van der Waals surface area contributed by atoms with Crippen molar-refractivity contribution in [1.82, 2.24) is 5.32 Å². The van der Waals surface area contributed by atoms with Crippen LogP contribution in [0.25, 0.3) is 0 Å². The quantitative estimate of drug-likeness (QED) is 0.803. The van der Waals surface area contributed by atoms with E-state index < -0.39 is 9.84 Å². The van der Waals surface area contributed by atoms with Crippen LogP contribution < -0.4 is 14.8 Å². The van der Waals surface area contributed by atoms with Crippen molar-refractivity contribution in [3.05, 3.63) is 23.8 Å². The Hall–Kier alpha value is -1.76. The highest BCUT2D eigenvalue weighted by Crippen LogP contribution is 2.27. The van der Waals surface area contributed by atoms with Crippen molar-refractivity contribution in [3.8, 4) is 11.5 Å². The van der Waals surface area contributed by atoms with Crippen LogP contribution in [0.15, 0.2) is 18.2 Å². The topological polar surface area (TPSA) is 81.7 Å². The SMILES string of the molecule is COc1ccc(CCNC(=O)CC2CCS(=O)(=O)CC2)cc1OC. The molecule has 6 nitrogen and oxygen atoms in total. The summed E-state index contributed by atoms with van der Waals surface area (Å²) in [5, 5.41) is 2.90. The highest BCUT2D eigenvalue weighted by atomic mass is 32.2. The predicted octanol–water partition coefficient (Wildman–Crippen LogP) is 1.58. The van der Waals surface area contributed by atoms with Crippen LogP contribution in [-0.4, -0.2) is 46.6 Å². The second kappa shape index (κ2) is 8.37. The summed E-state index contributed by atoms with van der Waals surface area (Å²) in [5.41, 5.74) is 1.05. The molecule has 0 saturated carbocycles. The Morgan fingerprint density at radius 2 is 1.83 bits per heavy atom. The predicted molar refractivity (Wildman–Crippen MR) is 92.3 cm³/mol. The number of amides is 1. The highest BCUT2D eigenvalue weighted by molar-refractivity contribution is 7.91. The molecular weight excluding hydrogens is 330 g/mol. The summed E-state index contributed by atoms with van der Waals surface area (Å²) >= 11 is 0. The van der Waals surface area contributed by atoms with E-state index in [2.05, 4.69) is 5.32 Å². The van der Waals surface area contributed by atoms with Crippen LogP contribution in [0.2, 0.25) is 0 Å². The lowest BCUT2D eigenvalue weighted by molar-refractivity contribution is -0.122. The summed E-state index contributed by atoms with van der Waals surface area (Å²) in [6.07, 6.45) is 2.28. The minimum Gasteiger partial charge on any atom is -0.493 e. The molecule has 1 aliphatic rings. The monoisotopic (exact) mass is 355 g/mol. The number of benzene rings is 1. The minimum atomic E-state index is -2.87. The summed E-state index contributed by atoms with van der Waals surface area (Å²) in [5.74, 6) is 1.92. The number of sulfone groups is 1. The molecule has 0 bridgehead atoms. The van der Waals surface area contributed by atoms with Gasteiger partial charge in [-0.3, -0.25) is 4.79 Å². The fourth-order valence-corrected chi connectivity index (χ4v) is 4.45. The lowest BCUT2D eigenvalue weighted by Gasteiger charge is -2.21. The van der Waals surface area contributed by atoms with Gasteiger partial charge in [0.15, 0.2) is 11.5 Å². The Kier molecular flexibility index (Phi) is 6.48. The molecule has 1 heterocycles. The van der Waals surface area contributed by atoms with Crippen LogP contribution in [0.1, 0.15) is 24.8 Å². The van der Waals surface area contributed by atoms with Gasteiger partial charge in [-0.05, 0) is 42.9 Å². The molecule has 24 heavy (non-hydrogen) atoms. The first-order valence-electron chi connectivity index (χ1n) is 8.11. The molecule has 0 atom stereocenters. The van der Waals surface area contributed by atoms with Crippen LogP contribution in [0.5, 0.6) is 11.5 Å². The van der Waals surface area contributed by atoms with E-state index >= 15 is 0 Å². The van der Waals surface area contributed by atoms with E-state index in [1.54, 1.807) is 14.2 Å². The molecule has 1 aromatic rings. The van der Waals surface area contributed by atoms with Crippen molar-refractivity contribution in [2.45, 2.75) is 25.7 Å². The molecule has 1 saturated heterocycles. The van der Waals surface area contributed by atoms with Crippen LogP contribution >= 0.6 is 0 Å². The maximum absolute atomic E-state index is 12.0. The van der Waals surface area contributed by atoms with Gasteiger partial charge in [0.1, 0.15) is 9.84 Å². The van der Waals surface area contributed by atoms with Crippen molar-refractivity contribution < 1.29 is 22.7 Å². The van der Waals surface area contributed by atoms with Crippen molar-refractivity contribution in [1.29, 1.82) is 0 Å². The van der Waals surface area contributed by atoms with Crippen molar-refractivity contribution in [3.63, 3.8) is 0 Å². The van der Waals surface area contributed by atoms with E-state index in [4.69, 9.17) is 9.47 Å². The van der Waals surface area contributed by atoms with Crippen LogP contribution in [-0.2, 0) is 21.1 Å². The van der Waals surface area contributed by atoms with Gasteiger partial charge in [0.2, 0.25) is 5.91 Å². The van der Waals surface area contributed by atoms with Crippen molar-refractivity contribution in [2.24, 2.45) is 5.92 Å². The van der Waals surface area contributed by atoms with E-state index in [1.807, 2.05) is 18.2 Å². The van der Waals surface area contributed by atoms with Gasteiger partial charge >= 0.3 is 0 Å². The fraction of sp³-hybridized carbons (Fsp3) is 0.588. The molecule has 7 heteroatoms. The molecule has 0 radical (unpaired) electrons. The molecule has 0 spiro atoms. The van der Waals surface area contributed by atoms with Gasteiger partial charge < -0.3 is 14.8 Å². The maximum Gasteiger partial charge on any atom is 0.220 e. The van der Waals surface area contributed by atoms with Crippen LogP contribution in [0.3, 0.4) is 0 Å². The van der Waals surface area contributed by atoms with Gasteiger partial charge in [-0.25, -0.2) is 8.42 Å². The average Bonchev–Trinajstić information content (AvgIpc) is 2.56. The molecule has 2 rings (SSSR count). The largest absolute Gasteiger partial charge is 0.493 e. The second-order valence-corrected chi connectivity index (χ2v) is 8.39. The van der Waals surface area contributed by atoms with Gasteiger partial charge in [0.25, 0.3) is 0 Å². The molecule has 0 unspecified atom stereocenters. The normalized spacial score (nSPS) is 17.2. The average molecular weight is 355 g/mol. The zero-order valence-corrected chi connectivity index (χ0v) is 15.0. The smallest absolute Gasteiger partial charge is 0.220 e. The van der Waals surface area contributed by atoms with E-state index in [9.17, 15) is 13.2 Å². The zero-order chi connectivity index (χ0) is 17.6. The standard InChI is InChI=1S/C17H25NO5S/c1-22-15-4-3-13(11-16(15)23-2)5-8-18-17(19)12-14-6-9-24(20,21)10-7-14/h3-4,11,14H,5-10,12H2,1-2H3,(H,18,19). The minimum absolute atomic E-state index is 0.0141. The van der Waals surface area contributed by atoms with E-state index in [0.717, 1.165) is 5.56 Å². The van der Waals surface area contributed by atoms with Crippen molar-refractivity contribution >= 4 is 15.7 Å². The first-order chi connectivity index (χ1) is 11.4. The van der Waals surface area contributed by atoms with Crippen LogP contribution in [0, 0.1) is 5.92 Å². The molecule has 0 aromatic heterocycles. The molecule has 1 fully saturated rings. The molecule has 0 aliphatic carbocycles. The Morgan fingerprint density at radius 3 is 2.46 bits per heavy atom. The number of ether oxygens (including phenoxy) is 2. The summed E-state index contributed by atoms with van der Waals surface area (Å²) in [6, 6.07) is 5.69.